The summed E-state index contributed by atoms with van der Waals surface area (Å²) in [7, 11) is 0. The van der Waals surface area contributed by atoms with Gasteiger partial charge in [0, 0.05) is 6.54 Å². The van der Waals surface area contributed by atoms with Crippen LogP contribution in [0.5, 0.6) is 0 Å². The number of piperidine rings is 1. The number of nitrogens with zero attached hydrogens (tertiary/aromatic N) is 1. The Bertz CT molecular complexity index is 233. The summed E-state index contributed by atoms with van der Waals surface area (Å²) in [5.74, 6) is 0.945. The quantitative estimate of drug-likeness (QED) is 0.689. The average molecular weight is 247 g/mol. The molecule has 0 bridgehead atoms. The van der Waals surface area contributed by atoms with E-state index in [9.17, 15) is 0 Å². The number of likely N-dealkylation sites (tertiary alicyclic amines) is 1. The molecule has 1 aromatic carbocycles. The Morgan fingerprint density at radius 2 is 1.39 bits per heavy atom. The molecular formula is C17H29N. The highest BCUT2D eigenvalue weighted by Gasteiger charge is 2.13. The van der Waals surface area contributed by atoms with Crippen molar-refractivity contribution >= 4 is 0 Å². The number of hydrogen-bond acceptors (Lipinski definition) is 1. The highest BCUT2D eigenvalue weighted by Crippen LogP contribution is 2.15. The average Bonchev–Trinajstić information content (AvgIpc) is 2.46. The predicted molar refractivity (Wildman–Crippen MR) is 82.8 cm³/mol. The Labute approximate surface area is 114 Å². The molecule has 1 aliphatic rings. The van der Waals surface area contributed by atoms with Gasteiger partial charge in [0.15, 0.2) is 0 Å². The maximum absolute atomic E-state index is 3.73. The SMILES string of the molecule is C=CCN1CCC(C)CC1.CC.c1ccccc1. The van der Waals surface area contributed by atoms with Crippen LogP contribution in [0.15, 0.2) is 49.1 Å². The standard InChI is InChI=1S/C9H17N.C6H6.C2H6/c1-3-6-10-7-4-9(2)5-8-10;1-2-4-6-5-3-1;1-2/h3,9H,1,4-8H2,2H3;1-6H;1-2H3. The lowest BCUT2D eigenvalue weighted by Gasteiger charge is -2.28. The first kappa shape index (κ1) is 16.9. The molecule has 0 aliphatic carbocycles. The van der Waals surface area contributed by atoms with Gasteiger partial charge in [-0.2, -0.15) is 0 Å². The number of benzene rings is 1. The molecule has 18 heavy (non-hydrogen) atoms. The van der Waals surface area contributed by atoms with E-state index >= 15 is 0 Å². The highest BCUT2D eigenvalue weighted by atomic mass is 15.1. The van der Waals surface area contributed by atoms with Crippen LogP contribution in [0.1, 0.15) is 33.6 Å². The van der Waals surface area contributed by atoms with E-state index in [1.54, 1.807) is 0 Å². The van der Waals surface area contributed by atoms with E-state index in [2.05, 4.69) is 18.4 Å². The first-order valence-corrected chi connectivity index (χ1v) is 7.16. The normalized spacial score (nSPS) is 15.7. The van der Waals surface area contributed by atoms with E-state index in [1.807, 2.05) is 56.3 Å². The lowest BCUT2D eigenvalue weighted by Crippen LogP contribution is -2.32. The van der Waals surface area contributed by atoms with E-state index in [-0.39, 0.29) is 0 Å². The van der Waals surface area contributed by atoms with E-state index in [1.165, 1.54) is 25.9 Å². The van der Waals surface area contributed by atoms with Gasteiger partial charge in [-0.25, -0.2) is 0 Å². The molecule has 0 radical (unpaired) electrons. The number of rotatable bonds is 2. The summed E-state index contributed by atoms with van der Waals surface area (Å²) in [5.41, 5.74) is 0. The van der Waals surface area contributed by atoms with Crippen molar-refractivity contribution in [3.05, 3.63) is 49.1 Å². The summed E-state index contributed by atoms with van der Waals surface area (Å²) in [5, 5.41) is 0. The fourth-order valence-electron chi connectivity index (χ4n) is 1.81. The molecule has 1 aromatic rings. The highest BCUT2D eigenvalue weighted by molar-refractivity contribution is 4.99. The van der Waals surface area contributed by atoms with E-state index in [4.69, 9.17) is 0 Å². The Hall–Kier alpha value is -1.08. The van der Waals surface area contributed by atoms with Crippen LogP contribution < -0.4 is 0 Å². The molecule has 2 rings (SSSR count). The van der Waals surface area contributed by atoms with E-state index < -0.39 is 0 Å². The van der Waals surface area contributed by atoms with Crippen LogP contribution in [0, 0.1) is 5.92 Å². The third-order valence-electron chi connectivity index (χ3n) is 2.93. The summed E-state index contributed by atoms with van der Waals surface area (Å²) >= 11 is 0. The van der Waals surface area contributed by atoms with Crippen molar-refractivity contribution in [2.45, 2.75) is 33.6 Å². The second kappa shape index (κ2) is 12.4. The number of hydrogen-bond donors (Lipinski definition) is 0. The van der Waals surface area contributed by atoms with Crippen LogP contribution in [0.3, 0.4) is 0 Å². The second-order valence-corrected chi connectivity index (χ2v) is 4.43. The maximum Gasteiger partial charge on any atom is 0.0160 e. The van der Waals surface area contributed by atoms with Gasteiger partial charge in [-0.3, -0.25) is 4.90 Å². The van der Waals surface area contributed by atoms with E-state index in [0.717, 1.165) is 12.5 Å². The zero-order chi connectivity index (χ0) is 13.6. The summed E-state index contributed by atoms with van der Waals surface area (Å²) in [4.78, 5) is 2.47. The smallest absolute Gasteiger partial charge is 0.0160 e. The van der Waals surface area contributed by atoms with Crippen molar-refractivity contribution in [3.8, 4) is 0 Å². The van der Waals surface area contributed by atoms with Gasteiger partial charge in [0.1, 0.15) is 0 Å². The van der Waals surface area contributed by atoms with Crippen LogP contribution in [-0.2, 0) is 0 Å². The Kier molecular flexibility index (Phi) is 11.6. The molecule has 0 aromatic heterocycles. The third kappa shape index (κ3) is 9.00. The van der Waals surface area contributed by atoms with Crippen molar-refractivity contribution in [2.75, 3.05) is 19.6 Å². The van der Waals surface area contributed by atoms with Gasteiger partial charge in [-0.15, -0.1) is 6.58 Å². The van der Waals surface area contributed by atoms with Gasteiger partial charge in [-0.1, -0.05) is 63.2 Å². The molecule has 0 spiro atoms. The van der Waals surface area contributed by atoms with Crippen molar-refractivity contribution in [1.82, 2.24) is 4.90 Å². The lowest BCUT2D eigenvalue weighted by atomic mass is 9.99. The monoisotopic (exact) mass is 247 g/mol. The van der Waals surface area contributed by atoms with Gasteiger partial charge < -0.3 is 0 Å². The molecule has 1 aliphatic heterocycles. The van der Waals surface area contributed by atoms with Crippen molar-refractivity contribution in [3.63, 3.8) is 0 Å². The summed E-state index contributed by atoms with van der Waals surface area (Å²) in [6.07, 6.45) is 4.73. The third-order valence-corrected chi connectivity index (χ3v) is 2.93. The van der Waals surface area contributed by atoms with Gasteiger partial charge in [0.2, 0.25) is 0 Å². The summed E-state index contributed by atoms with van der Waals surface area (Å²) in [6.45, 7) is 13.7. The molecule has 0 atom stereocenters. The molecule has 1 fully saturated rings. The maximum atomic E-state index is 3.73. The fourth-order valence-corrected chi connectivity index (χ4v) is 1.81. The second-order valence-electron chi connectivity index (χ2n) is 4.43. The van der Waals surface area contributed by atoms with Crippen LogP contribution in [0.25, 0.3) is 0 Å². The van der Waals surface area contributed by atoms with E-state index in [0.29, 0.717) is 0 Å². The van der Waals surface area contributed by atoms with Crippen LogP contribution in [0.2, 0.25) is 0 Å². The molecule has 102 valence electrons. The van der Waals surface area contributed by atoms with Gasteiger partial charge in [0.05, 0.1) is 0 Å². The molecule has 0 unspecified atom stereocenters. The zero-order valence-corrected chi connectivity index (χ0v) is 12.3. The largest absolute Gasteiger partial charge is 0.300 e. The first-order valence-electron chi connectivity index (χ1n) is 7.16. The molecule has 0 saturated carbocycles. The Morgan fingerprint density at radius 1 is 1.00 bits per heavy atom. The molecule has 1 nitrogen and oxygen atoms in total. The molecular weight excluding hydrogens is 218 g/mol. The minimum atomic E-state index is 0.945. The topological polar surface area (TPSA) is 3.24 Å². The molecule has 1 heterocycles. The minimum absolute atomic E-state index is 0.945. The van der Waals surface area contributed by atoms with Crippen molar-refractivity contribution < 1.29 is 0 Å². The fraction of sp³-hybridized carbons (Fsp3) is 0.529. The Morgan fingerprint density at radius 3 is 1.72 bits per heavy atom. The van der Waals surface area contributed by atoms with Crippen LogP contribution in [0.4, 0.5) is 0 Å². The minimum Gasteiger partial charge on any atom is -0.300 e. The lowest BCUT2D eigenvalue weighted by molar-refractivity contribution is 0.210. The first-order chi connectivity index (χ1) is 8.83. The van der Waals surface area contributed by atoms with Crippen molar-refractivity contribution in [2.24, 2.45) is 5.92 Å². The van der Waals surface area contributed by atoms with Gasteiger partial charge in [0.25, 0.3) is 0 Å². The van der Waals surface area contributed by atoms with Crippen LogP contribution >= 0.6 is 0 Å². The molecule has 1 heteroatoms. The molecule has 1 saturated heterocycles. The van der Waals surface area contributed by atoms with Crippen molar-refractivity contribution in [1.29, 1.82) is 0 Å². The molecule has 0 N–H and O–H groups in total. The zero-order valence-electron chi connectivity index (χ0n) is 12.3. The van der Waals surface area contributed by atoms with Gasteiger partial charge >= 0.3 is 0 Å². The summed E-state index contributed by atoms with van der Waals surface area (Å²) < 4.78 is 0. The van der Waals surface area contributed by atoms with Gasteiger partial charge in [-0.05, 0) is 31.8 Å². The predicted octanol–water partition coefficient (Wildman–Crippen LogP) is 4.62. The molecule has 0 amide bonds. The summed E-state index contributed by atoms with van der Waals surface area (Å²) in [6, 6.07) is 12.0. The van der Waals surface area contributed by atoms with Crippen LogP contribution in [-0.4, -0.2) is 24.5 Å². The Balaban J connectivity index is 0.000000308.